The van der Waals surface area contributed by atoms with Crippen LogP contribution in [0.3, 0.4) is 0 Å². The van der Waals surface area contributed by atoms with E-state index in [-0.39, 0.29) is 5.91 Å². The van der Waals surface area contributed by atoms with Crippen LogP contribution in [0.4, 0.5) is 5.69 Å². The predicted molar refractivity (Wildman–Crippen MR) is 101 cm³/mol. The van der Waals surface area contributed by atoms with E-state index in [1.807, 2.05) is 48.7 Å². The number of thiazole rings is 1. The minimum absolute atomic E-state index is 0.154. The van der Waals surface area contributed by atoms with Crippen molar-refractivity contribution in [1.82, 2.24) is 4.98 Å². The van der Waals surface area contributed by atoms with Crippen LogP contribution in [-0.4, -0.2) is 10.9 Å². The van der Waals surface area contributed by atoms with Gasteiger partial charge >= 0.3 is 0 Å². The van der Waals surface area contributed by atoms with Crippen molar-refractivity contribution in [2.24, 2.45) is 0 Å². The van der Waals surface area contributed by atoms with Crippen LogP contribution in [0.2, 0.25) is 0 Å². The van der Waals surface area contributed by atoms with Crippen molar-refractivity contribution in [2.75, 3.05) is 5.32 Å². The molecule has 25 heavy (non-hydrogen) atoms. The molecule has 1 heterocycles. The lowest BCUT2D eigenvalue weighted by Crippen LogP contribution is -2.12. The Bertz CT molecular complexity index is 856. The number of hydrogen-bond acceptors (Lipinski definition) is 4. The second-order valence-electron chi connectivity index (χ2n) is 5.68. The Morgan fingerprint density at radius 1 is 1.20 bits per heavy atom. The van der Waals surface area contributed by atoms with E-state index in [9.17, 15) is 4.79 Å². The fourth-order valence-corrected chi connectivity index (χ4v) is 2.98. The standard InChI is InChI=1S/C20H20N2O2S/c1-3-15-7-9-17(10-8-15)22-20(23)16-5-4-6-19(11-16)24-12-18-13-25-14(2)21-18/h4-11,13H,3,12H2,1-2H3,(H,22,23). The predicted octanol–water partition coefficient (Wildman–Crippen LogP) is 4.85. The number of hydrogen-bond donors (Lipinski definition) is 1. The molecule has 1 N–H and O–H groups in total. The molecule has 0 bridgehead atoms. The third-order valence-electron chi connectivity index (χ3n) is 3.77. The molecule has 0 radical (unpaired) electrons. The minimum atomic E-state index is -0.154. The molecule has 0 aliphatic rings. The molecule has 0 fully saturated rings. The van der Waals surface area contributed by atoms with Gasteiger partial charge in [-0.25, -0.2) is 4.98 Å². The van der Waals surface area contributed by atoms with E-state index in [2.05, 4.69) is 17.2 Å². The molecule has 0 unspecified atom stereocenters. The molecule has 3 aromatic rings. The Morgan fingerprint density at radius 2 is 2.00 bits per heavy atom. The number of aryl methyl sites for hydroxylation is 2. The summed E-state index contributed by atoms with van der Waals surface area (Å²) >= 11 is 1.60. The van der Waals surface area contributed by atoms with E-state index in [0.717, 1.165) is 22.8 Å². The Balaban J connectivity index is 1.64. The zero-order chi connectivity index (χ0) is 17.6. The van der Waals surface area contributed by atoms with Crippen molar-refractivity contribution in [1.29, 1.82) is 0 Å². The molecule has 3 rings (SSSR count). The molecule has 5 heteroatoms. The summed E-state index contributed by atoms with van der Waals surface area (Å²) in [7, 11) is 0. The largest absolute Gasteiger partial charge is 0.487 e. The second-order valence-corrected chi connectivity index (χ2v) is 6.74. The number of anilines is 1. The molecule has 1 amide bonds. The topological polar surface area (TPSA) is 51.2 Å². The first-order valence-electron chi connectivity index (χ1n) is 8.18. The van der Waals surface area contributed by atoms with Gasteiger partial charge in [-0.1, -0.05) is 25.1 Å². The average molecular weight is 352 g/mol. The quantitative estimate of drug-likeness (QED) is 0.690. The van der Waals surface area contributed by atoms with Crippen molar-refractivity contribution in [2.45, 2.75) is 26.9 Å². The number of benzene rings is 2. The summed E-state index contributed by atoms with van der Waals surface area (Å²) in [5, 5.41) is 5.90. The van der Waals surface area contributed by atoms with Gasteiger partial charge in [0.15, 0.2) is 0 Å². The van der Waals surface area contributed by atoms with Gasteiger partial charge < -0.3 is 10.1 Å². The normalized spacial score (nSPS) is 10.5. The van der Waals surface area contributed by atoms with E-state index in [1.54, 1.807) is 23.5 Å². The summed E-state index contributed by atoms with van der Waals surface area (Å²) < 4.78 is 5.74. The van der Waals surface area contributed by atoms with Gasteiger partial charge in [-0.15, -0.1) is 11.3 Å². The first-order valence-corrected chi connectivity index (χ1v) is 9.06. The smallest absolute Gasteiger partial charge is 0.255 e. The Labute approximate surface area is 151 Å². The van der Waals surface area contributed by atoms with Gasteiger partial charge in [0.2, 0.25) is 0 Å². The van der Waals surface area contributed by atoms with Crippen LogP contribution in [0.25, 0.3) is 0 Å². The van der Waals surface area contributed by atoms with Crippen LogP contribution in [0, 0.1) is 6.92 Å². The second kappa shape index (κ2) is 7.94. The number of ether oxygens (including phenoxy) is 1. The molecule has 0 saturated carbocycles. The van der Waals surface area contributed by atoms with Gasteiger partial charge in [-0.2, -0.15) is 0 Å². The van der Waals surface area contributed by atoms with Gasteiger partial charge in [0.1, 0.15) is 12.4 Å². The SMILES string of the molecule is CCc1ccc(NC(=O)c2cccc(OCc3csc(C)n3)c2)cc1. The fraction of sp³-hybridized carbons (Fsp3) is 0.200. The summed E-state index contributed by atoms with van der Waals surface area (Å²) in [5.74, 6) is 0.499. The van der Waals surface area contributed by atoms with Crippen LogP contribution in [0.15, 0.2) is 53.9 Å². The number of carbonyl (C=O) groups excluding carboxylic acids is 1. The van der Waals surface area contributed by atoms with Gasteiger partial charge in [0, 0.05) is 16.6 Å². The maximum atomic E-state index is 12.4. The van der Waals surface area contributed by atoms with Crippen molar-refractivity contribution < 1.29 is 9.53 Å². The van der Waals surface area contributed by atoms with Crippen molar-refractivity contribution in [3.8, 4) is 5.75 Å². The number of amides is 1. The monoisotopic (exact) mass is 352 g/mol. The van der Waals surface area contributed by atoms with Gasteiger partial charge in [-0.05, 0) is 49.2 Å². The van der Waals surface area contributed by atoms with Crippen LogP contribution >= 0.6 is 11.3 Å². The molecule has 0 aliphatic heterocycles. The van der Waals surface area contributed by atoms with Crippen molar-refractivity contribution in [3.63, 3.8) is 0 Å². The Kier molecular flexibility index (Phi) is 5.46. The molecular formula is C20H20N2O2S. The molecule has 1 aromatic heterocycles. The molecular weight excluding hydrogens is 332 g/mol. The highest BCUT2D eigenvalue weighted by atomic mass is 32.1. The van der Waals surface area contributed by atoms with Gasteiger partial charge in [0.25, 0.3) is 5.91 Å². The number of aromatic nitrogens is 1. The maximum absolute atomic E-state index is 12.4. The number of rotatable bonds is 6. The Hall–Kier alpha value is -2.66. The van der Waals surface area contributed by atoms with E-state index in [1.165, 1.54) is 5.56 Å². The zero-order valence-electron chi connectivity index (χ0n) is 14.3. The average Bonchev–Trinajstić information content (AvgIpc) is 3.06. The molecule has 128 valence electrons. The van der Waals surface area contributed by atoms with E-state index < -0.39 is 0 Å². The number of nitrogens with zero attached hydrogens (tertiary/aromatic N) is 1. The number of carbonyl (C=O) groups is 1. The number of nitrogens with one attached hydrogen (secondary N) is 1. The first-order chi connectivity index (χ1) is 12.1. The summed E-state index contributed by atoms with van der Waals surface area (Å²) in [6, 6.07) is 15.0. The third-order valence-corrected chi connectivity index (χ3v) is 4.59. The van der Waals surface area contributed by atoms with Gasteiger partial charge in [0.05, 0.1) is 10.7 Å². The lowest BCUT2D eigenvalue weighted by molar-refractivity contribution is 0.102. The van der Waals surface area contributed by atoms with Crippen LogP contribution in [0.5, 0.6) is 5.75 Å². The van der Waals surface area contributed by atoms with Crippen LogP contribution in [0.1, 0.15) is 33.5 Å². The zero-order valence-corrected chi connectivity index (χ0v) is 15.1. The summed E-state index contributed by atoms with van der Waals surface area (Å²) in [6.45, 7) is 4.46. The summed E-state index contributed by atoms with van der Waals surface area (Å²) in [6.07, 6.45) is 0.978. The lowest BCUT2D eigenvalue weighted by Gasteiger charge is -2.08. The van der Waals surface area contributed by atoms with E-state index in [0.29, 0.717) is 17.9 Å². The molecule has 4 nitrogen and oxygen atoms in total. The molecule has 0 saturated heterocycles. The molecule has 0 atom stereocenters. The highest BCUT2D eigenvalue weighted by Crippen LogP contribution is 2.18. The van der Waals surface area contributed by atoms with Gasteiger partial charge in [-0.3, -0.25) is 4.79 Å². The molecule has 0 aliphatic carbocycles. The highest BCUT2D eigenvalue weighted by Gasteiger charge is 2.08. The lowest BCUT2D eigenvalue weighted by atomic mass is 10.1. The van der Waals surface area contributed by atoms with Crippen LogP contribution in [-0.2, 0) is 13.0 Å². The third kappa shape index (κ3) is 4.67. The van der Waals surface area contributed by atoms with Crippen LogP contribution < -0.4 is 10.1 Å². The minimum Gasteiger partial charge on any atom is -0.487 e. The van der Waals surface area contributed by atoms with Crippen molar-refractivity contribution >= 4 is 22.9 Å². The highest BCUT2D eigenvalue weighted by molar-refractivity contribution is 7.09. The van der Waals surface area contributed by atoms with E-state index in [4.69, 9.17) is 4.74 Å². The maximum Gasteiger partial charge on any atom is 0.255 e. The molecule has 0 spiro atoms. The Morgan fingerprint density at radius 3 is 2.68 bits per heavy atom. The summed E-state index contributed by atoms with van der Waals surface area (Å²) in [4.78, 5) is 16.8. The van der Waals surface area contributed by atoms with Crippen molar-refractivity contribution in [3.05, 3.63) is 75.7 Å². The van der Waals surface area contributed by atoms with E-state index >= 15 is 0 Å². The fourth-order valence-electron chi connectivity index (χ4n) is 2.39. The summed E-state index contributed by atoms with van der Waals surface area (Å²) in [5.41, 5.74) is 3.48. The molecule has 2 aromatic carbocycles. The first kappa shape index (κ1) is 17.2.